The van der Waals surface area contributed by atoms with E-state index in [-0.39, 0.29) is 5.69 Å². The molecule has 0 aliphatic rings. The first kappa shape index (κ1) is 11.8. The molecule has 0 saturated heterocycles. The first-order valence-electron chi connectivity index (χ1n) is 5.39. The number of nitrogens with zero attached hydrogens (tertiary/aromatic N) is 2. The minimum atomic E-state index is -0.410. The van der Waals surface area contributed by atoms with Gasteiger partial charge in [-0.25, -0.2) is 0 Å². The Morgan fingerprint density at radius 3 is 2.67 bits per heavy atom. The second-order valence-corrected chi connectivity index (χ2v) is 3.64. The fourth-order valence-corrected chi connectivity index (χ4v) is 1.57. The van der Waals surface area contributed by atoms with Gasteiger partial charge in [-0.1, -0.05) is 4.68 Å². The van der Waals surface area contributed by atoms with E-state index in [1.165, 1.54) is 12.1 Å². The van der Waals surface area contributed by atoms with Gasteiger partial charge in [-0.15, -0.1) is 0 Å². The zero-order chi connectivity index (χ0) is 13.0. The third kappa shape index (κ3) is 2.54. The molecule has 18 heavy (non-hydrogen) atoms. The quantitative estimate of drug-likeness (QED) is 0.485. The summed E-state index contributed by atoms with van der Waals surface area (Å²) >= 11 is 0. The molecule has 0 spiro atoms. The summed E-state index contributed by atoms with van der Waals surface area (Å²) < 4.78 is 1.78. The van der Waals surface area contributed by atoms with E-state index in [0.717, 1.165) is 11.3 Å². The number of hydrogen-bond acceptors (Lipinski definition) is 3. The van der Waals surface area contributed by atoms with Crippen LogP contribution in [0.15, 0.2) is 42.7 Å². The van der Waals surface area contributed by atoms with Gasteiger partial charge in [0.1, 0.15) is 5.70 Å². The number of rotatable bonds is 4. The van der Waals surface area contributed by atoms with Gasteiger partial charge in [0.25, 0.3) is 5.69 Å². The second kappa shape index (κ2) is 5.13. The van der Waals surface area contributed by atoms with Gasteiger partial charge in [-0.05, 0) is 12.1 Å². The first-order valence-corrected chi connectivity index (χ1v) is 5.39. The van der Waals surface area contributed by atoms with Gasteiger partial charge < -0.3 is 5.32 Å². The molecule has 2 aromatic rings. The summed E-state index contributed by atoms with van der Waals surface area (Å²) in [5.74, 6) is 0. The van der Waals surface area contributed by atoms with Crippen molar-refractivity contribution in [2.75, 3.05) is 7.05 Å². The number of non-ortho nitro benzene ring substituents is 1. The van der Waals surface area contributed by atoms with Gasteiger partial charge in [-0.3, -0.25) is 10.1 Å². The molecule has 1 aromatic carbocycles. The summed E-state index contributed by atoms with van der Waals surface area (Å²) in [7, 11) is 1.80. The van der Waals surface area contributed by atoms with Crippen LogP contribution in [0, 0.1) is 10.1 Å². The highest BCUT2D eigenvalue weighted by Gasteiger charge is 2.08. The lowest BCUT2D eigenvalue weighted by molar-refractivity contribution is -0.629. The van der Waals surface area contributed by atoms with E-state index in [0.29, 0.717) is 0 Å². The third-order valence-electron chi connectivity index (χ3n) is 2.49. The highest BCUT2D eigenvalue weighted by molar-refractivity contribution is 5.71. The molecule has 6 nitrogen and oxygen atoms in total. The Balaban J connectivity index is 2.31. The Labute approximate surface area is 104 Å². The van der Waals surface area contributed by atoms with Crippen LogP contribution in [-0.2, 0) is 0 Å². The van der Waals surface area contributed by atoms with Crippen LogP contribution < -0.4 is 10.00 Å². The molecule has 0 bridgehead atoms. The van der Waals surface area contributed by atoms with Crippen molar-refractivity contribution < 1.29 is 9.61 Å². The van der Waals surface area contributed by atoms with Crippen molar-refractivity contribution in [1.29, 1.82) is 0 Å². The molecule has 0 aliphatic heterocycles. The van der Waals surface area contributed by atoms with Gasteiger partial charge in [0.15, 0.2) is 0 Å². The number of H-pyrrole nitrogens is 1. The normalized spacial score (nSPS) is 11.3. The molecular weight excluding hydrogens is 232 g/mol. The highest BCUT2D eigenvalue weighted by Crippen LogP contribution is 2.16. The lowest BCUT2D eigenvalue weighted by Crippen LogP contribution is -2.28. The van der Waals surface area contributed by atoms with Crippen molar-refractivity contribution in [2.24, 2.45) is 0 Å². The van der Waals surface area contributed by atoms with Gasteiger partial charge in [0.05, 0.1) is 11.1 Å². The lowest BCUT2D eigenvalue weighted by atomic mass is 10.1. The Kier molecular flexibility index (Phi) is 3.38. The van der Waals surface area contributed by atoms with E-state index in [2.05, 4.69) is 10.4 Å². The maximum absolute atomic E-state index is 10.6. The number of aromatic amines is 1. The molecule has 0 amide bonds. The Bertz CT molecular complexity index is 558. The van der Waals surface area contributed by atoms with Crippen LogP contribution >= 0.6 is 0 Å². The fraction of sp³-hybridized carbons (Fsp3) is 0.0833. The van der Waals surface area contributed by atoms with Crippen LogP contribution in [-0.4, -0.2) is 17.1 Å². The summed E-state index contributed by atoms with van der Waals surface area (Å²) in [5.41, 5.74) is 1.82. The van der Waals surface area contributed by atoms with Crippen molar-refractivity contribution >= 4 is 17.6 Å². The molecule has 0 atom stereocenters. The van der Waals surface area contributed by atoms with E-state index in [9.17, 15) is 10.1 Å². The zero-order valence-corrected chi connectivity index (χ0v) is 9.83. The predicted octanol–water partition coefficient (Wildman–Crippen LogP) is 1.39. The summed E-state index contributed by atoms with van der Waals surface area (Å²) in [6.07, 6.45) is 5.53. The van der Waals surface area contributed by atoms with E-state index in [4.69, 9.17) is 0 Å². The molecule has 1 aromatic heterocycles. The van der Waals surface area contributed by atoms with E-state index in [1.807, 2.05) is 18.5 Å². The van der Waals surface area contributed by atoms with Gasteiger partial charge in [-0.2, -0.15) is 5.10 Å². The monoisotopic (exact) mass is 245 g/mol. The Morgan fingerprint density at radius 1 is 1.44 bits per heavy atom. The topological polar surface area (TPSA) is 74.8 Å². The van der Waals surface area contributed by atoms with Crippen LogP contribution in [0.1, 0.15) is 5.56 Å². The number of nitro groups is 1. The molecule has 2 N–H and O–H groups in total. The lowest BCUT2D eigenvalue weighted by Gasteiger charge is -2.03. The van der Waals surface area contributed by atoms with Crippen LogP contribution in [0.2, 0.25) is 0 Å². The summed E-state index contributed by atoms with van der Waals surface area (Å²) in [4.78, 5) is 10.2. The van der Waals surface area contributed by atoms with Crippen LogP contribution in [0.25, 0.3) is 11.9 Å². The summed E-state index contributed by atoms with van der Waals surface area (Å²) in [5, 5.41) is 16.6. The summed E-state index contributed by atoms with van der Waals surface area (Å²) in [6.45, 7) is 0. The van der Waals surface area contributed by atoms with Crippen LogP contribution in [0.3, 0.4) is 0 Å². The van der Waals surface area contributed by atoms with E-state index < -0.39 is 4.92 Å². The van der Waals surface area contributed by atoms with Gasteiger partial charge in [0, 0.05) is 30.8 Å². The van der Waals surface area contributed by atoms with Gasteiger partial charge in [0.2, 0.25) is 12.4 Å². The average Bonchev–Trinajstić information content (AvgIpc) is 2.89. The third-order valence-corrected chi connectivity index (χ3v) is 2.49. The van der Waals surface area contributed by atoms with Crippen LogP contribution in [0.5, 0.6) is 0 Å². The number of benzene rings is 1. The molecule has 6 heteroatoms. The molecule has 0 unspecified atom stereocenters. The molecule has 1 heterocycles. The SMILES string of the molecule is CN/C(=C\[n+]1ccc[nH]1)c1ccc([N+](=O)[O-])cc1. The Morgan fingerprint density at radius 2 is 2.17 bits per heavy atom. The Hall–Kier alpha value is -2.63. The van der Waals surface area contributed by atoms with Crippen LogP contribution in [0.4, 0.5) is 5.69 Å². The average molecular weight is 245 g/mol. The molecule has 0 saturated carbocycles. The number of nitrogens with one attached hydrogen (secondary N) is 2. The van der Waals surface area contributed by atoms with Crippen molar-refractivity contribution in [2.45, 2.75) is 0 Å². The van der Waals surface area contributed by atoms with E-state index >= 15 is 0 Å². The molecular formula is C12H13N4O2+. The maximum atomic E-state index is 10.6. The predicted molar refractivity (Wildman–Crippen MR) is 67.3 cm³/mol. The molecule has 92 valence electrons. The van der Waals surface area contributed by atoms with Gasteiger partial charge >= 0.3 is 0 Å². The van der Waals surface area contributed by atoms with Crippen molar-refractivity contribution in [3.8, 4) is 0 Å². The smallest absolute Gasteiger partial charge is 0.269 e. The maximum Gasteiger partial charge on any atom is 0.269 e. The molecule has 2 rings (SSSR count). The minimum Gasteiger partial charge on any atom is -0.383 e. The van der Waals surface area contributed by atoms with E-state index in [1.54, 1.807) is 30.1 Å². The van der Waals surface area contributed by atoms with Crippen molar-refractivity contribution in [1.82, 2.24) is 10.4 Å². The molecule has 0 fully saturated rings. The number of hydrogen-bond donors (Lipinski definition) is 2. The fourth-order valence-electron chi connectivity index (χ4n) is 1.57. The number of aromatic nitrogens is 2. The van der Waals surface area contributed by atoms with Crippen molar-refractivity contribution in [3.05, 3.63) is 58.4 Å². The summed E-state index contributed by atoms with van der Waals surface area (Å²) in [6, 6.07) is 8.27. The minimum absolute atomic E-state index is 0.0849. The standard InChI is InChI=1S/C12H12N4O2/c1-13-12(9-15-8-2-7-14-15)10-3-5-11(6-4-10)16(17)18/h2-9,13H,1H3/p+1/b12-9-. The largest absolute Gasteiger partial charge is 0.383 e. The second-order valence-electron chi connectivity index (χ2n) is 3.64. The molecule has 0 aliphatic carbocycles. The number of nitro benzene ring substituents is 1. The van der Waals surface area contributed by atoms with Crippen molar-refractivity contribution in [3.63, 3.8) is 0 Å². The zero-order valence-electron chi connectivity index (χ0n) is 9.83. The first-order chi connectivity index (χ1) is 8.70. The molecule has 0 radical (unpaired) electrons. The highest BCUT2D eigenvalue weighted by atomic mass is 16.6.